The van der Waals surface area contributed by atoms with Crippen molar-refractivity contribution >= 4 is 12.4 Å². The largest absolute Gasteiger partial charge is 0.534 e. The van der Waals surface area contributed by atoms with Crippen LogP contribution in [0.25, 0.3) is 0 Å². The number of aliphatic imine (C=N–C) groups is 1. The third-order valence-electron chi connectivity index (χ3n) is 1.87. The van der Waals surface area contributed by atoms with Gasteiger partial charge in [-0.2, -0.15) is 5.11 Å². The van der Waals surface area contributed by atoms with Crippen molar-refractivity contribution < 1.29 is 14.4 Å². The van der Waals surface area contributed by atoms with E-state index in [0.717, 1.165) is 5.17 Å². The van der Waals surface area contributed by atoms with Gasteiger partial charge in [0.25, 0.3) is 0 Å². The van der Waals surface area contributed by atoms with Gasteiger partial charge in [0.05, 0.1) is 6.61 Å². The summed E-state index contributed by atoms with van der Waals surface area (Å²) in [5, 5.41) is 8.59. The molecule has 0 radical (unpaired) electrons. The van der Waals surface area contributed by atoms with E-state index in [2.05, 4.69) is 20.1 Å². The Labute approximate surface area is 99.7 Å². The summed E-state index contributed by atoms with van der Waals surface area (Å²) >= 11 is 0. The molecule has 0 aromatic carbocycles. The number of rotatable bonds is 2. The molecule has 7 nitrogen and oxygen atoms in total. The molecule has 0 spiro atoms. The lowest BCUT2D eigenvalue weighted by Gasteiger charge is -2.19. The third kappa shape index (κ3) is 3.27. The Bertz CT molecular complexity index is 340. The van der Waals surface area contributed by atoms with Crippen molar-refractivity contribution in [2.24, 2.45) is 15.3 Å². The summed E-state index contributed by atoms with van der Waals surface area (Å²) in [4.78, 5) is 19.9. The van der Waals surface area contributed by atoms with E-state index in [-0.39, 0.29) is 12.6 Å². The van der Waals surface area contributed by atoms with Crippen LogP contribution in [-0.4, -0.2) is 36.4 Å². The minimum Gasteiger partial charge on any atom is -0.433 e. The molecule has 7 heteroatoms. The van der Waals surface area contributed by atoms with Crippen molar-refractivity contribution in [3.05, 3.63) is 12.2 Å². The zero-order valence-corrected chi connectivity index (χ0v) is 10.1. The first-order valence-corrected chi connectivity index (χ1v) is 5.56. The first-order valence-electron chi connectivity index (χ1n) is 5.56. The van der Waals surface area contributed by atoms with Gasteiger partial charge in [-0.25, -0.2) is 4.79 Å². The fourth-order valence-corrected chi connectivity index (χ4v) is 1.23. The second-order valence-corrected chi connectivity index (χ2v) is 2.87. The zero-order valence-electron chi connectivity index (χ0n) is 10.1. The highest BCUT2D eigenvalue weighted by Gasteiger charge is 2.34. The first-order chi connectivity index (χ1) is 8.31. The van der Waals surface area contributed by atoms with Crippen LogP contribution in [0.2, 0.25) is 0 Å². The van der Waals surface area contributed by atoms with Crippen molar-refractivity contribution in [1.29, 1.82) is 0 Å². The van der Waals surface area contributed by atoms with E-state index in [1.807, 2.05) is 19.9 Å². The van der Waals surface area contributed by atoms with Gasteiger partial charge >= 0.3 is 6.16 Å². The van der Waals surface area contributed by atoms with Gasteiger partial charge in [-0.05, 0) is 18.2 Å². The number of ether oxygens (including phenoxy) is 1. The number of dihydropyridines is 1. The van der Waals surface area contributed by atoms with E-state index in [0.29, 0.717) is 0 Å². The monoisotopic (exact) mass is 240 g/mol. The van der Waals surface area contributed by atoms with Crippen LogP contribution in [0.1, 0.15) is 20.8 Å². The molecule has 2 atom stereocenters. The van der Waals surface area contributed by atoms with Gasteiger partial charge in [-0.3, -0.25) is 9.83 Å². The number of fused-ring (bicyclic) bond motifs is 1. The van der Waals surface area contributed by atoms with Crippen LogP contribution in [0.3, 0.4) is 0 Å². The van der Waals surface area contributed by atoms with E-state index in [1.165, 1.54) is 0 Å². The molecule has 2 rings (SSSR count). The number of hydroxylamine groups is 1. The number of carbonyl (C=O) groups excluding carboxylic acids is 1. The van der Waals surface area contributed by atoms with Gasteiger partial charge in [-0.15, -0.1) is 0 Å². The van der Waals surface area contributed by atoms with Gasteiger partial charge in [0.1, 0.15) is 6.04 Å². The maximum atomic E-state index is 11.0. The van der Waals surface area contributed by atoms with Crippen molar-refractivity contribution in [2.75, 3.05) is 6.61 Å². The quantitative estimate of drug-likeness (QED) is 0.693. The number of hydrogen-bond acceptors (Lipinski definition) is 7. The topological polar surface area (TPSA) is 75.8 Å². The molecular formula is C10H16N4O3. The van der Waals surface area contributed by atoms with E-state index in [9.17, 15) is 4.79 Å². The highest BCUT2D eigenvalue weighted by atomic mass is 16.8. The fourth-order valence-electron chi connectivity index (χ4n) is 1.23. The highest BCUT2D eigenvalue weighted by molar-refractivity contribution is 5.72. The van der Waals surface area contributed by atoms with Gasteiger partial charge in [-0.1, -0.05) is 25.1 Å². The number of allylic oxidation sites excluding steroid dienone is 1. The van der Waals surface area contributed by atoms with E-state index in [1.54, 1.807) is 19.2 Å². The van der Waals surface area contributed by atoms with Gasteiger partial charge < -0.3 is 4.74 Å². The molecule has 0 aliphatic carbocycles. The van der Waals surface area contributed by atoms with Crippen LogP contribution >= 0.6 is 0 Å². The normalized spacial score (nSPS) is 23.8. The highest BCUT2D eigenvalue weighted by Crippen LogP contribution is 2.22. The Morgan fingerprint density at radius 3 is 2.94 bits per heavy atom. The molecule has 0 N–H and O–H groups in total. The Morgan fingerprint density at radius 2 is 2.24 bits per heavy atom. The molecule has 0 amide bonds. The Morgan fingerprint density at radius 1 is 1.47 bits per heavy atom. The van der Waals surface area contributed by atoms with Crippen molar-refractivity contribution in [2.45, 2.75) is 33.0 Å². The molecule has 2 aliphatic rings. The first kappa shape index (κ1) is 13.1. The molecule has 17 heavy (non-hydrogen) atoms. The van der Waals surface area contributed by atoms with E-state index >= 15 is 0 Å². The summed E-state index contributed by atoms with van der Waals surface area (Å²) in [7, 11) is 0. The number of hydrogen-bond donors (Lipinski definition) is 0. The molecule has 0 bridgehead atoms. The summed E-state index contributed by atoms with van der Waals surface area (Å²) in [6, 6.07) is -0.190. The molecule has 0 aromatic rings. The average Bonchev–Trinajstić information content (AvgIpc) is 2.76. The van der Waals surface area contributed by atoms with Gasteiger partial charge in [0.2, 0.25) is 6.17 Å². The molecule has 0 fully saturated rings. The van der Waals surface area contributed by atoms with Crippen LogP contribution < -0.4 is 0 Å². The average molecular weight is 240 g/mol. The molecule has 2 unspecified atom stereocenters. The maximum Gasteiger partial charge on any atom is 0.534 e. The molecule has 2 heterocycles. The van der Waals surface area contributed by atoms with Gasteiger partial charge in [0.15, 0.2) is 0 Å². The molecule has 0 saturated carbocycles. The summed E-state index contributed by atoms with van der Waals surface area (Å²) in [5.41, 5.74) is 0. The Kier molecular flexibility index (Phi) is 5.12. The van der Waals surface area contributed by atoms with Crippen LogP contribution in [0.4, 0.5) is 4.79 Å². The summed E-state index contributed by atoms with van der Waals surface area (Å²) in [6.07, 6.45) is 4.00. The van der Waals surface area contributed by atoms with Crippen LogP contribution in [-0.2, 0) is 9.57 Å². The molecular weight excluding hydrogens is 224 g/mol. The van der Waals surface area contributed by atoms with Crippen LogP contribution in [0.15, 0.2) is 27.5 Å². The standard InChI is InChI=1S/C8H10N4O3.C2H6/c1-2-14-8(13)15-12-7-6(10-11-12)4-3-5-9-7;1-2/h3-7H,2H2,1H3;1-2H3. The lowest BCUT2D eigenvalue weighted by molar-refractivity contribution is -0.144. The number of carbonyl (C=O) groups is 1. The maximum absolute atomic E-state index is 11.0. The molecule has 0 aromatic heterocycles. The van der Waals surface area contributed by atoms with Crippen molar-refractivity contribution in [1.82, 2.24) is 5.17 Å². The smallest absolute Gasteiger partial charge is 0.433 e. The lowest BCUT2D eigenvalue weighted by atomic mass is 10.2. The predicted octanol–water partition coefficient (Wildman–Crippen LogP) is 2.12. The van der Waals surface area contributed by atoms with E-state index < -0.39 is 12.3 Å². The summed E-state index contributed by atoms with van der Waals surface area (Å²) < 4.78 is 4.61. The van der Waals surface area contributed by atoms with Crippen molar-refractivity contribution in [3.63, 3.8) is 0 Å². The second kappa shape index (κ2) is 6.62. The fraction of sp³-hybridized carbons (Fsp3) is 0.600. The summed E-state index contributed by atoms with van der Waals surface area (Å²) in [6.45, 7) is 5.94. The Balaban J connectivity index is 0.000000686. The van der Waals surface area contributed by atoms with Gasteiger partial charge in [0, 0.05) is 6.21 Å². The minimum absolute atomic E-state index is 0.190. The predicted molar refractivity (Wildman–Crippen MR) is 61.4 cm³/mol. The van der Waals surface area contributed by atoms with Crippen LogP contribution in [0.5, 0.6) is 0 Å². The van der Waals surface area contributed by atoms with Crippen LogP contribution in [0, 0.1) is 0 Å². The summed E-state index contributed by atoms with van der Waals surface area (Å²) in [5.74, 6) is 0. The molecule has 94 valence electrons. The SMILES string of the molecule is CC.CCOC(=O)ON1N=NC2C=CC=NC21. The second-order valence-electron chi connectivity index (χ2n) is 2.87. The molecule has 2 aliphatic heterocycles. The lowest BCUT2D eigenvalue weighted by Crippen LogP contribution is -2.35. The minimum atomic E-state index is -0.804. The van der Waals surface area contributed by atoms with Crippen molar-refractivity contribution in [3.8, 4) is 0 Å². The number of nitrogens with zero attached hydrogens (tertiary/aromatic N) is 4. The van der Waals surface area contributed by atoms with E-state index in [4.69, 9.17) is 4.84 Å². The Hall–Kier alpha value is -1.92. The third-order valence-corrected chi connectivity index (χ3v) is 1.87. The molecule has 0 saturated heterocycles. The zero-order chi connectivity index (χ0) is 12.7.